The molecular weight excluding hydrogens is 644 g/mol. The molecule has 1 aliphatic heterocycles. The van der Waals surface area contributed by atoms with Gasteiger partial charge in [-0.1, -0.05) is 77.1 Å². The second kappa shape index (κ2) is 18.7. The van der Waals surface area contributed by atoms with Crippen molar-refractivity contribution in [3.8, 4) is 0 Å². The van der Waals surface area contributed by atoms with Gasteiger partial charge in [-0.15, -0.1) is 0 Å². The maximum atomic E-state index is 12.6. The molecule has 1 fully saturated rings. The Hall–Kier alpha value is 0.604. The molecule has 7 nitrogen and oxygen atoms in total. The van der Waals surface area contributed by atoms with Crippen molar-refractivity contribution in [1.29, 1.82) is 0 Å². The first-order valence-electron chi connectivity index (χ1n) is 15.4. The van der Waals surface area contributed by atoms with E-state index in [1.54, 1.807) is 22.8 Å². The largest absolute Gasteiger partial charge is 0.462 e. The number of carbonyl (C=O) groups excluding carboxylic acids is 2. The van der Waals surface area contributed by atoms with Crippen molar-refractivity contribution in [2.75, 3.05) is 37.9 Å². The van der Waals surface area contributed by atoms with Gasteiger partial charge in [0.2, 0.25) is 0 Å². The normalized spacial score (nSPS) is 16.8. The van der Waals surface area contributed by atoms with Crippen molar-refractivity contribution in [1.82, 2.24) is 0 Å². The molecule has 0 aromatic rings. The quantitative estimate of drug-likeness (QED) is 0.0530. The van der Waals surface area contributed by atoms with Gasteiger partial charge in [0.1, 0.15) is 6.61 Å². The number of ether oxygens (including phenoxy) is 2. The van der Waals surface area contributed by atoms with E-state index in [1.807, 2.05) is 0 Å². The predicted octanol–water partition coefficient (Wildman–Crippen LogP) is 9.33. The third kappa shape index (κ3) is 16.2. The summed E-state index contributed by atoms with van der Waals surface area (Å²) in [6, 6.07) is 0. The topological polar surface area (TPSA) is 80.3 Å². The second-order valence-electron chi connectivity index (χ2n) is 14.0. The smallest absolute Gasteiger partial charge is 0.306 e. The highest BCUT2D eigenvalue weighted by atomic mass is 33.2. The van der Waals surface area contributed by atoms with Crippen LogP contribution in [-0.2, 0) is 44.2 Å². The van der Waals surface area contributed by atoms with Crippen LogP contribution >= 0.6 is 27.4 Å². The third-order valence-electron chi connectivity index (χ3n) is 8.32. The Morgan fingerprint density at radius 3 is 1.64 bits per heavy atom. The fourth-order valence-corrected chi connectivity index (χ4v) is 14.4. The van der Waals surface area contributed by atoms with E-state index in [0.29, 0.717) is 12.8 Å². The molecule has 1 atom stereocenters. The Kier molecular flexibility index (Phi) is 18.1. The van der Waals surface area contributed by atoms with Crippen molar-refractivity contribution in [2.24, 2.45) is 0 Å². The summed E-state index contributed by atoms with van der Waals surface area (Å²) in [5.41, 5.74) is 0. The van der Waals surface area contributed by atoms with Crippen molar-refractivity contribution in [3.05, 3.63) is 0 Å². The van der Waals surface area contributed by atoms with Gasteiger partial charge >= 0.3 is 11.9 Å². The zero-order valence-corrected chi connectivity index (χ0v) is 33.4. The minimum Gasteiger partial charge on any atom is -0.462 e. The van der Waals surface area contributed by atoms with Gasteiger partial charge < -0.3 is 22.8 Å². The van der Waals surface area contributed by atoms with Crippen LogP contribution in [0.3, 0.4) is 0 Å². The van der Waals surface area contributed by atoms with Crippen LogP contribution in [-0.4, -0.2) is 72.6 Å². The predicted molar refractivity (Wildman–Crippen MR) is 189 cm³/mol. The van der Waals surface area contributed by atoms with Crippen molar-refractivity contribution >= 4 is 67.8 Å². The van der Waals surface area contributed by atoms with E-state index in [0.717, 1.165) is 63.2 Å². The fraction of sp³-hybridized carbons (Fsp3) is 0.931. The van der Waals surface area contributed by atoms with Crippen LogP contribution in [0.2, 0.25) is 36.3 Å². The van der Waals surface area contributed by atoms with Crippen molar-refractivity contribution in [2.45, 2.75) is 135 Å². The lowest BCUT2D eigenvalue weighted by molar-refractivity contribution is -0.160. The number of carbonyl (C=O) groups is 2. The zero-order chi connectivity index (χ0) is 32.1. The summed E-state index contributed by atoms with van der Waals surface area (Å²) in [7, 11) is -3.48. The van der Waals surface area contributed by atoms with E-state index in [2.05, 4.69) is 67.7 Å². The van der Waals surface area contributed by atoms with Crippen LogP contribution < -0.4 is 0 Å². The zero-order valence-electron chi connectivity index (χ0n) is 28.0. The molecule has 0 aliphatic carbocycles. The Labute approximate surface area is 272 Å². The molecule has 1 saturated heterocycles. The maximum absolute atomic E-state index is 12.6. The average molecular weight is 703 g/mol. The van der Waals surface area contributed by atoms with E-state index >= 15 is 0 Å². The van der Waals surface area contributed by atoms with Crippen LogP contribution in [0.15, 0.2) is 0 Å². The van der Waals surface area contributed by atoms with Gasteiger partial charge in [-0.05, 0) is 73.8 Å². The van der Waals surface area contributed by atoms with Crippen LogP contribution in [0.25, 0.3) is 0 Å². The molecule has 0 N–H and O–H groups in total. The molecular formula is C29H59O7PS3Si2. The lowest BCUT2D eigenvalue weighted by Gasteiger charge is -2.36. The number of hydrogen-bond donors (Lipinski definition) is 0. The highest BCUT2D eigenvalue weighted by Crippen LogP contribution is 2.74. The summed E-state index contributed by atoms with van der Waals surface area (Å²) >= 11 is 9.03. The molecule has 0 aromatic carbocycles. The van der Waals surface area contributed by atoms with Crippen molar-refractivity contribution in [3.63, 3.8) is 0 Å². The Bertz CT molecular complexity index is 866. The molecule has 1 heterocycles. The van der Waals surface area contributed by atoms with Gasteiger partial charge in [-0.2, -0.15) is 0 Å². The van der Waals surface area contributed by atoms with Gasteiger partial charge in [-0.3, -0.25) is 9.59 Å². The van der Waals surface area contributed by atoms with E-state index in [4.69, 9.17) is 34.7 Å². The molecule has 248 valence electrons. The average Bonchev–Trinajstić information content (AvgIpc) is 3.30. The fourth-order valence-electron chi connectivity index (χ4n) is 3.39. The minimum absolute atomic E-state index is 0.00984. The van der Waals surface area contributed by atoms with Crippen LogP contribution in [0, 0.1) is 0 Å². The summed E-state index contributed by atoms with van der Waals surface area (Å²) in [6.45, 7) is 24.0. The Balaban J connectivity index is 2.40. The molecule has 0 amide bonds. The van der Waals surface area contributed by atoms with Gasteiger partial charge in [0, 0.05) is 37.6 Å². The molecule has 0 radical (unpaired) electrons. The molecule has 0 saturated carbocycles. The van der Waals surface area contributed by atoms with E-state index in [1.165, 1.54) is 0 Å². The van der Waals surface area contributed by atoms with E-state index < -0.39 is 27.4 Å². The van der Waals surface area contributed by atoms with Gasteiger partial charge in [0.05, 0.1) is 6.61 Å². The molecule has 1 aliphatic rings. The standard InChI is InChI=1S/C29H59O7PS3Si2/c1-28(2,3)41(7,8)34-19-15-11-13-17-26(30)32-23-25(24-33-37(38)39-21-22-40-37)36-27(31)18-14-12-16-20-35-42(9,10)29(4,5)6/h25H,11-24H2,1-10H3. The molecule has 0 bridgehead atoms. The first-order valence-corrected chi connectivity index (χ1v) is 27.2. The maximum Gasteiger partial charge on any atom is 0.306 e. The van der Waals surface area contributed by atoms with Gasteiger partial charge in [0.25, 0.3) is 0 Å². The molecule has 0 spiro atoms. The highest BCUT2D eigenvalue weighted by Gasteiger charge is 2.37. The SMILES string of the molecule is CC(C)(C)[Si](C)(C)OCCCCCC(=O)OCC(COP1(=S)SCCS1)OC(=O)CCCCCO[Si](C)(C)C(C)(C)C. The molecule has 42 heavy (non-hydrogen) atoms. The van der Waals surface area contributed by atoms with Gasteiger partial charge in [0.15, 0.2) is 27.4 Å². The summed E-state index contributed by atoms with van der Waals surface area (Å²) < 4.78 is 27.7. The summed E-state index contributed by atoms with van der Waals surface area (Å²) in [4.78, 5) is 25.0. The molecule has 0 aromatic heterocycles. The first-order chi connectivity index (χ1) is 19.3. The Morgan fingerprint density at radius 2 is 1.19 bits per heavy atom. The third-order valence-corrected chi connectivity index (χ3v) is 27.3. The monoisotopic (exact) mass is 702 g/mol. The second-order valence-corrected chi connectivity index (χ2v) is 34.4. The molecule has 1 rings (SSSR count). The van der Waals surface area contributed by atoms with Crippen LogP contribution in [0.1, 0.15) is 92.9 Å². The minimum atomic E-state index is -2.01. The Morgan fingerprint density at radius 1 is 0.738 bits per heavy atom. The molecule has 1 unspecified atom stereocenters. The molecule has 13 heteroatoms. The summed E-state index contributed by atoms with van der Waals surface area (Å²) in [5, 5.41) is 0.389. The number of rotatable bonds is 20. The number of unbranched alkanes of at least 4 members (excludes halogenated alkanes) is 4. The highest BCUT2D eigenvalue weighted by molar-refractivity contribution is 9.00. The van der Waals surface area contributed by atoms with Crippen LogP contribution in [0.4, 0.5) is 0 Å². The van der Waals surface area contributed by atoms with Crippen molar-refractivity contribution < 1.29 is 32.4 Å². The van der Waals surface area contributed by atoms with Crippen LogP contribution in [0.5, 0.6) is 0 Å². The van der Waals surface area contributed by atoms with E-state index in [-0.39, 0.29) is 35.2 Å². The summed E-state index contributed by atoms with van der Waals surface area (Å²) in [5.74, 6) is 1.37. The number of esters is 2. The van der Waals surface area contributed by atoms with E-state index in [9.17, 15) is 9.59 Å². The lowest BCUT2D eigenvalue weighted by Crippen LogP contribution is -2.40. The first kappa shape index (κ1) is 40.6. The lowest BCUT2D eigenvalue weighted by atomic mass is 10.2. The number of hydrogen-bond acceptors (Lipinski definition) is 10. The summed E-state index contributed by atoms with van der Waals surface area (Å²) in [6.07, 6.45) is 5.13. The van der Waals surface area contributed by atoms with Gasteiger partial charge in [-0.25, -0.2) is 0 Å².